The van der Waals surface area contributed by atoms with Gasteiger partial charge in [0.2, 0.25) is 0 Å². The van der Waals surface area contributed by atoms with Gasteiger partial charge in [-0.05, 0) is 25.1 Å². The van der Waals surface area contributed by atoms with E-state index in [1.54, 1.807) is 0 Å². The van der Waals surface area contributed by atoms with Crippen molar-refractivity contribution in [1.82, 2.24) is 19.6 Å². The van der Waals surface area contributed by atoms with Gasteiger partial charge in [0.15, 0.2) is 11.3 Å². The van der Waals surface area contributed by atoms with Crippen molar-refractivity contribution < 1.29 is 26.7 Å². The van der Waals surface area contributed by atoms with E-state index in [1.807, 2.05) is 0 Å². The Morgan fingerprint density at radius 2 is 1.77 bits per heavy atom. The van der Waals surface area contributed by atoms with E-state index < -0.39 is 23.7 Å². The van der Waals surface area contributed by atoms with Crippen molar-refractivity contribution in [2.45, 2.75) is 19.0 Å². The summed E-state index contributed by atoms with van der Waals surface area (Å²) in [5.41, 5.74) is -1.80. The number of anilines is 1. The second-order valence-electron chi connectivity index (χ2n) is 5.34. The fraction of sp³-hybridized carbons (Fsp3) is 0.200. The molecule has 0 spiro atoms. The summed E-state index contributed by atoms with van der Waals surface area (Å²) in [5.74, 6) is -5.95. The van der Waals surface area contributed by atoms with E-state index in [1.165, 1.54) is 31.5 Å². The van der Waals surface area contributed by atoms with Crippen LogP contribution in [0.15, 0.2) is 36.7 Å². The van der Waals surface area contributed by atoms with E-state index in [0.29, 0.717) is 16.3 Å². The molecule has 0 aromatic carbocycles. The number of aryl methyl sites for hydroxylation is 1. The van der Waals surface area contributed by atoms with Gasteiger partial charge in [0.1, 0.15) is 5.69 Å². The molecular formula is C15H10F5N5O. The normalized spacial score (nSPS) is 12.4. The third-order valence-corrected chi connectivity index (χ3v) is 3.40. The number of pyridine rings is 1. The van der Waals surface area contributed by atoms with Crippen LogP contribution in [0, 0.1) is 6.92 Å². The summed E-state index contributed by atoms with van der Waals surface area (Å²) in [5, 5.41) is 6.01. The van der Waals surface area contributed by atoms with Crippen molar-refractivity contribution in [3.63, 3.8) is 0 Å². The summed E-state index contributed by atoms with van der Waals surface area (Å²) in [4.78, 5) is 19.8. The lowest BCUT2D eigenvalue weighted by molar-refractivity contribution is -0.291. The first-order chi connectivity index (χ1) is 12.1. The molecule has 6 nitrogen and oxygen atoms in total. The van der Waals surface area contributed by atoms with Crippen LogP contribution in [-0.2, 0) is 5.92 Å². The number of aromatic nitrogens is 4. The van der Waals surface area contributed by atoms with Gasteiger partial charge in [-0.25, -0.2) is 9.50 Å². The standard InChI is InChI=1S/C15H10F5N5O/c1-8-6-11(14(16,17)15(18,19)20)25-12(22-8)7-10(24-25)13(26)23-9-2-4-21-5-3-9/h2-7H,1H3,(H,21,23,26). The first-order valence-electron chi connectivity index (χ1n) is 7.13. The molecule has 3 aromatic heterocycles. The number of halogens is 5. The number of alkyl halides is 5. The van der Waals surface area contributed by atoms with Gasteiger partial charge in [0.05, 0.1) is 0 Å². The molecular weight excluding hydrogens is 361 g/mol. The Kier molecular flexibility index (Phi) is 4.09. The van der Waals surface area contributed by atoms with Crippen LogP contribution in [0.2, 0.25) is 0 Å². The highest BCUT2D eigenvalue weighted by atomic mass is 19.4. The van der Waals surface area contributed by atoms with Gasteiger partial charge in [-0.1, -0.05) is 0 Å². The third-order valence-electron chi connectivity index (χ3n) is 3.40. The van der Waals surface area contributed by atoms with Gasteiger partial charge in [-0.3, -0.25) is 9.78 Å². The van der Waals surface area contributed by atoms with Crippen molar-refractivity contribution >= 4 is 17.2 Å². The fourth-order valence-electron chi connectivity index (χ4n) is 2.21. The molecule has 0 aliphatic carbocycles. The van der Waals surface area contributed by atoms with E-state index in [0.717, 1.165) is 6.07 Å². The second-order valence-corrected chi connectivity index (χ2v) is 5.34. The SMILES string of the molecule is Cc1cc(C(F)(F)C(F)(F)F)n2nc(C(=O)Nc3ccncc3)cc2n1. The molecule has 0 unspecified atom stereocenters. The average molecular weight is 371 g/mol. The Labute approximate surface area is 142 Å². The Morgan fingerprint density at radius 3 is 2.38 bits per heavy atom. The van der Waals surface area contributed by atoms with Crippen LogP contribution in [0.25, 0.3) is 5.65 Å². The van der Waals surface area contributed by atoms with Gasteiger partial charge >= 0.3 is 12.1 Å². The van der Waals surface area contributed by atoms with Crippen LogP contribution in [0.1, 0.15) is 21.9 Å². The monoisotopic (exact) mass is 371 g/mol. The molecule has 0 aliphatic heterocycles. The molecule has 11 heteroatoms. The lowest BCUT2D eigenvalue weighted by Crippen LogP contribution is -2.36. The zero-order valence-corrected chi connectivity index (χ0v) is 13.1. The zero-order chi connectivity index (χ0) is 19.1. The van der Waals surface area contributed by atoms with E-state index >= 15 is 0 Å². The van der Waals surface area contributed by atoms with Gasteiger partial charge in [-0.2, -0.15) is 27.1 Å². The average Bonchev–Trinajstić information content (AvgIpc) is 2.97. The third kappa shape index (κ3) is 3.07. The summed E-state index contributed by atoms with van der Waals surface area (Å²) in [6.07, 6.45) is -3.00. The number of rotatable bonds is 3. The zero-order valence-electron chi connectivity index (χ0n) is 13.1. The van der Waals surface area contributed by atoms with Crippen molar-refractivity contribution in [1.29, 1.82) is 0 Å². The summed E-state index contributed by atoms with van der Waals surface area (Å²) in [7, 11) is 0. The molecule has 1 N–H and O–H groups in total. The van der Waals surface area contributed by atoms with Gasteiger partial charge in [-0.15, -0.1) is 0 Å². The van der Waals surface area contributed by atoms with Crippen molar-refractivity contribution in [3.05, 3.63) is 53.7 Å². The highest BCUT2D eigenvalue weighted by Crippen LogP contribution is 2.43. The van der Waals surface area contributed by atoms with E-state index in [4.69, 9.17) is 0 Å². The first kappa shape index (κ1) is 17.7. The summed E-state index contributed by atoms with van der Waals surface area (Å²) in [6.45, 7) is 1.26. The van der Waals surface area contributed by atoms with Gasteiger partial charge in [0, 0.05) is 29.8 Å². The quantitative estimate of drug-likeness (QED) is 0.717. The number of amides is 1. The van der Waals surface area contributed by atoms with Crippen LogP contribution in [0.5, 0.6) is 0 Å². The van der Waals surface area contributed by atoms with Crippen molar-refractivity contribution in [2.24, 2.45) is 0 Å². The number of hydrogen-bond donors (Lipinski definition) is 1. The summed E-state index contributed by atoms with van der Waals surface area (Å²) >= 11 is 0. The van der Waals surface area contributed by atoms with E-state index in [-0.39, 0.29) is 17.0 Å². The molecule has 0 aliphatic rings. The molecule has 26 heavy (non-hydrogen) atoms. The van der Waals surface area contributed by atoms with E-state index in [2.05, 4.69) is 20.4 Å². The Bertz CT molecular complexity index is 968. The second kappa shape index (κ2) is 6.00. The first-order valence-corrected chi connectivity index (χ1v) is 7.13. The highest BCUT2D eigenvalue weighted by Gasteiger charge is 2.60. The van der Waals surface area contributed by atoms with Crippen LogP contribution in [0.3, 0.4) is 0 Å². The largest absolute Gasteiger partial charge is 0.459 e. The Balaban J connectivity index is 2.06. The lowest BCUT2D eigenvalue weighted by atomic mass is 10.2. The predicted molar refractivity (Wildman–Crippen MR) is 79.9 cm³/mol. The summed E-state index contributed by atoms with van der Waals surface area (Å²) < 4.78 is 66.1. The molecule has 3 heterocycles. The number of nitrogens with one attached hydrogen (secondary N) is 1. The number of nitrogens with zero attached hydrogens (tertiary/aromatic N) is 4. The molecule has 0 bridgehead atoms. The molecule has 136 valence electrons. The maximum absolute atomic E-state index is 13.8. The Hall–Kier alpha value is -3.11. The summed E-state index contributed by atoms with van der Waals surface area (Å²) in [6, 6.07) is 4.55. The molecule has 3 rings (SSSR count). The predicted octanol–water partition coefficient (Wildman–Crippen LogP) is 3.34. The fourth-order valence-corrected chi connectivity index (χ4v) is 2.21. The number of fused-ring (bicyclic) bond motifs is 1. The molecule has 0 fully saturated rings. The van der Waals surface area contributed by atoms with Crippen molar-refractivity contribution in [3.8, 4) is 0 Å². The molecule has 0 radical (unpaired) electrons. The number of hydrogen-bond acceptors (Lipinski definition) is 4. The molecule has 0 saturated heterocycles. The molecule has 3 aromatic rings. The minimum absolute atomic E-state index is 0.0718. The van der Waals surface area contributed by atoms with Gasteiger partial charge in [0.25, 0.3) is 5.91 Å². The molecule has 1 amide bonds. The number of carbonyl (C=O) groups is 1. The maximum Gasteiger partial charge on any atom is 0.459 e. The van der Waals surface area contributed by atoms with E-state index in [9.17, 15) is 26.7 Å². The van der Waals surface area contributed by atoms with Crippen molar-refractivity contribution in [2.75, 3.05) is 5.32 Å². The molecule has 0 atom stereocenters. The Morgan fingerprint density at radius 1 is 1.12 bits per heavy atom. The topological polar surface area (TPSA) is 72.2 Å². The van der Waals surface area contributed by atoms with Gasteiger partial charge < -0.3 is 5.32 Å². The maximum atomic E-state index is 13.8. The minimum atomic E-state index is -5.82. The smallest absolute Gasteiger partial charge is 0.320 e. The highest BCUT2D eigenvalue weighted by molar-refractivity contribution is 6.03. The lowest BCUT2D eigenvalue weighted by Gasteiger charge is -2.20. The molecule has 0 saturated carbocycles. The van der Waals surface area contributed by atoms with Crippen LogP contribution >= 0.6 is 0 Å². The van der Waals surface area contributed by atoms with Crippen LogP contribution < -0.4 is 5.32 Å². The minimum Gasteiger partial charge on any atom is -0.320 e. The number of carbonyl (C=O) groups excluding carboxylic acids is 1. The van der Waals surface area contributed by atoms with Crippen LogP contribution in [-0.4, -0.2) is 31.7 Å². The van der Waals surface area contributed by atoms with Crippen LogP contribution in [0.4, 0.5) is 27.6 Å².